The van der Waals surface area contributed by atoms with Crippen LogP contribution in [-0.4, -0.2) is 22.2 Å². The molecule has 0 spiro atoms. The summed E-state index contributed by atoms with van der Waals surface area (Å²) >= 11 is 0. The van der Waals surface area contributed by atoms with Crippen LogP contribution in [0.2, 0.25) is 0 Å². The van der Waals surface area contributed by atoms with E-state index in [9.17, 15) is 5.21 Å². The third-order valence-electron chi connectivity index (χ3n) is 4.81. The van der Waals surface area contributed by atoms with Gasteiger partial charge in [0.25, 0.3) is 5.71 Å². The van der Waals surface area contributed by atoms with Crippen molar-refractivity contribution in [3.63, 3.8) is 0 Å². The van der Waals surface area contributed by atoms with Crippen LogP contribution in [-0.2, 0) is 11.4 Å². The molecule has 0 fully saturated rings. The zero-order valence-electron chi connectivity index (χ0n) is 13.7. The van der Waals surface area contributed by atoms with Gasteiger partial charge >= 0.3 is 0 Å². The Labute approximate surface area is 136 Å². The second-order valence-electron chi connectivity index (χ2n) is 6.49. The molecule has 0 saturated heterocycles. The lowest BCUT2D eigenvalue weighted by molar-refractivity contribution is -0.781. The zero-order valence-corrected chi connectivity index (χ0v) is 13.7. The van der Waals surface area contributed by atoms with Crippen LogP contribution in [0.4, 0.5) is 0 Å². The summed E-state index contributed by atoms with van der Waals surface area (Å²) in [4.78, 5) is 6.21. The molecule has 0 unspecified atom stereocenters. The highest BCUT2D eigenvalue weighted by Gasteiger charge is 2.44. The molecule has 2 aromatic carbocycles. The molecular formula is C19H20N2O2. The second-order valence-corrected chi connectivity index (χ2v) is 6.49. The smallest absolute Gasteiger partial charge is 0.276 e. The molecule has 0 aliphatic carbocycles. The van der Waals surface area contributed by atoms with Crippen LogP contribution in [0.3, 0.4) is 0 Å². The lowest BCUT2D eigenvalue weighted by atomic mass is 9.85. The Hall–Kier alpha value is -2.33. The van der Waals surface area contributed by atoms with E-state index in [-0.39, 0.29) is 6.04 Å². The summed E-state index contributed by atoms with van der Waals surface area (Å²) in [5.74, 6) is 0. The molecule has 4 heteroatoms. The zero-order chi connectivity index (χ0) is 16.1. The monoisotopic (exact) mass is 308 g/mol. The standard InChI is InChI=1S/C19H20N2O2/c1-12-10-13(2)17(14(3)11-12)19-18-16-7-5-4-6-15(16)8-9-20(18)23-21(19)22/h4-7,10-11,18H,8-9H2,1-3H3/t18-/m0/s1. The molecule has 0 bridgehead atoms. The maximum Gasteiger partial charge on any atom is 0.276 e. The first-order chi connectivity index (χ1) is 11.1. The van der Waals surface area contributed by atoms with Crippen molar-refractivity contribution < 1.29 is 9.84 Å². The molecule has 0 saturated carbocycles. The van der Waals surface area contributed by atoms with E-state index in [2.05, 4.69) is 51.1 Å². The van der Waals surface area contributed by atoms with Crippen molar-refractivity contribution in [1.82, 2.24) is 5.06 Å². The van der Waals surface area contributed by atoms with Gasteiger partial charge in [-0.2, -0.15) is 5.06 Å². The summed E-state index contributed by atoms with van der Waals surface area (Å²) < 4.78 is 0. The molecule has 4 nitrogen and oxygen atoms in total. The molecule has 2 heterocycles. The van der Waals surface area contributed by atoms with Crippen molar-refractivity contribution in [2.75, 3.05) is 6.54 Å². The van der Waals surface area contributed by atoms with Crippen LogP contribution in [0.25, 0.3) is 0 Å². The van der Waals surface area contributed by atoms with E-state index < -0.39 is 0 Å². The third kappa shape index (κ3) is 2.13. The van der Waals surface area contributed by atoms with Gasteiger partial charge < -0.3 is 4.94 Å². The number of benzene rings is 2. The summed E-state index contributed by atoms with van der Waals surface area (Å²) in [5.41, 5.74) is 7.63. The molecule has 2 aliphatic rings. The fourth-order valence-corrected chi connectivity index (χ4v) is 3.97. The van der Waals surface area contributed by atoms with Crippen molar-refractivity contribution in [3.05, 3.63) is 75.0 Å². The lowest BCUT2D eigenvalue weighted by Gasteiger charge is -2.30. The predicted molar refractivity (Wildman–Crippen MR) is 89.1 cm³/mol. The van der Waals surface area contributed by atoms with E-state index in [0.29, 0.717) is 10.6 Å². The first kappa shape index (κ1) is 14.3. The van der Waals surface area contributed by atoms with E-state index in [1.807, 2.05) is 11.1 Å². The largest absolute Gasteiger partial charge is 0.317 e. The number of hydrogen-bond donors (Lipinski definition) is 0. The minimum Gasteiger partial charge on any atom is -0.317 e. The molecule has 0 radical (unpaired) electrons. The van der Waals surface area contributed by atoms with Gasteiger partial charge in [-0.25, -0.2) is 0 Å². The van der Waals surface area contributed by atoms with Gasteiger partial charge in [0, 0.05) is 6.54 Å². The number of fused-ring (bicyclic) bond motifs is 3. The fraction of sp³-hybridized carbons (Fsp3) is 0.316. The van der Waals surface area contributed by atoms with Crippen LogP contribution < -0.4 is 0 Å². The number of nitrogens with zero attached hydrogens (tertiary/aromatic N) is 2. The number of hydrogen-bond acceptors (Lipinski definition) is 3. The topological polar surface area (TPSA) is 38.5 Å². The van der Waals surface area contributed by atoms with Gasteiger partial charge in [-0.3, -0.25) is 5.21 Å². The average Bonchev–Trinajstić information content (AvgIpc) is 2.83. The van der Waals surface area contributed by atoms with Gasteiger partial charge in [-0.05, 0) is 49.4 Å². The van der Waals surface area contributed by atoms with E-state index in [0.717, 1.165) is 29.7 Å². The van der Waals surface area contributed by atoms with Crippen LogP contribution in [0, 0.1) is 26.0 Å². The maximum atomic E-state index is 12.6. The molecule has 1 atom stereocenters. The normalized spacial score (nSPS) is 20.2. The van der Waals surface area contributed by atoms with Crippen LogP contribution in [0.1, 0.15) is 39.4 Å². The van der Waals surface area contributed by atoms with Crippen LogP contribution in [0.5, 0.6) is 0 Å². The van der Waals surface area contributed by atoms with Crippen molar-refractivity contribution in [2.24, 2.45) is 0 Å². The lowest BCUT2D eigenvalue weighted by Crippen LogP contribution is -2.34. The van der Waals surface area contributed by atoms with E-state index in [4.69, 9.17) is 4.94 Å². The first-order valence-corrected chi connectivity index (χ1v) is 8.01. The summed E-state index contributed by atoms with van der Waals surface area (Å²) in [5, 5.41) is 14.4. The second kappa shape index (κ2) is 5.10. The van der Waals surface area contributed by atoms with E-state index in [1.54, 1.807) is 0 Å². The van der Waals surface area contributed by atoms with Gasteiger partial charge in [-0.1, -0.05) is 42.0 Å². The highest BCUT2D eigenvalue weighted by molar-refractivity contribution is 6.04. The molecule has 0 N–H and O–H groups in total. The highest BCUT2D eigenvalue weighted by Crippen LogP contribution is 2.37. The Morgan fingerprint density at radius 2 is 1.83 bits per heavy atom. The molecule has 0 amide bonds. The summed E-state index contributed by atoms with van der Waals surface area (Å²) in [6.07, 6.45) is 0.902. The minimum absolute atomic E-state index is 0.127. The predicted octanol–water partition coefficient (Wildman–Crippen LogP) is 3.37. The Kier molecular flexibility index (Phi) is 3.16. The Morgan fingerprint density at radius 3 is 2.57 bits per heavy atom. The van der Waals surface area contributed by atoms with E-state index in [1.165, 1.54) is 16.7 Å². The Bertz CT molecular complexity index is 803. The van der Waals surface area contributed by atoms with Gasteiger partial charge in [0.1, 0.15) is 6.04 Å². The SMILES string of the molecule is Cc1cc(C)c(C2=[N+]([O-])ON3CCc4ccccc4[C@@H]23)c(C)c1. The van der Waals surface area contributed by atoms with Crippen molar-refractivity contribution in [1.29, 1.82) is 0 Å². The summed E-state index contributed by atoms with van der Waals surface area (Å²) in [6.45, 7) is 6.94. The molecule has 4 rings (SSSR count). The minimum atomic E-state index is -0.127. The highest BCUT2D eigenvalue weighted by atomic mass is 17.0. The third-order valence-corrected chi connectivity index (χ3v) is 4.81. The van der Waals surface area contributed by atoms with Gasteiger partial charge in [0.05, 0.1) is 10.5 Å². The fourth-order valence-electron chi connectivity index (χ4n) is 3.97. The van der Waals surface area contributed by atoms with Gasteiger partial charge in [-0.15, -0.1) is 0 Å². The first-order valence-electron chi connectivity index (χ1n) is 8.01. The average molecular weight is 308 g/mol. The Balaban J connectivity index is 1.92. The number of hydroxylamine groups is 2. The van der Waals surface area contributed by atoms with Crippen molar-refractivity contribution >= 4 is 5.71 Å². The van der Waals surface area contributed by atoms with E-state index >= 15 is 0 Å². The van der Waals surface area contributed by atoms with Gasteiger partial charge in [0.15, 0.2) is 0 Å². The molecule has 2 aromatic rings. The molecule has 23 heavy (non-hydrogen) atoms. The van der Waals surface area contributed by atoms with Crippen molar-refractivity contribution in [2.45, 2.75) is 33.2 Å². The van der Waals surface area contributed by atoms with Crippen LogP contribution >= 0.6 is 0 Å². The molecular weight excluding hydrogens is 288 g/mol. The summed E-state index contributed by atoms with van der Waals surface area (Å²) in [7, 11) is 0. The molecule has 2 aliphatic heterocycles. The van der Waals surface area contributed by atoms with Crippen LogP contribution in [0.15, 0.2) is 36.4 Å². The summed E-state index contributed by atoms with van der Waals surface area (Å²) in [6, 6.07) is 12.5. The van der Waals surface area contributed by atoms with Gasteiger partial charge in [0.2, 0.25) is 0 Å². The van der Waals surface area contributed by atoms with Crippen molar-refractivity contribution in [3.8, 4) is 0 Å². The number of aryl methyl sites for hydroxylation is 3. The maximum absolute atomic E-state index is 12.6. The number of rotatable bonds is 1. The molecule has 0 aromatic heterocycles. The Morgan fingerprint density at radius 1 is 1.13 bits per heavy atom. The quantitative estimate of drug-likeness (QED) is 0.758. The molecule has 118 valence electrons.